The van der Waals surface area contributed by atoms with Crippen LogP contribution in [0.4, 0.5) is 0 Å². The monoisotopic (exact) mass is 419 g/mol. The molecule has 1 saturated heterocycles. The van der Waals surface area contributed by atoms with Gasteiger partial charge in [-0.15, -0.1) is 0 Å². The second-order valence-electron chi connectivity index (χ2n) is 11.9. The Kier molecular flexibility index (Phi) is 5.22. The van der Waals surface area contributed by atoms with Gasteiger partial charge in [-0.2, -0.15) is 0 Å². The Morgan fingerprint density at radius 2 is 1.39 bits per heavy atom. The average Bonchev–Trinajstić information content (AvgIpc) is 2.88. The van der Waals surface area contributed by atoms with E-state index in [2.05, 4.69) is 86.6 Å². The predicted octanol–water partition coefficient (Wildman–Crippen LogP) is 5.63. The van der Waals surface area contributed by atoms with E-state index in [0.29, 0.717) is 0 Å². The van der Waals surface area contributed by atoms with Crippen LogP contribution in [0.3, 0.4) is 0 Å². The highest BCUT2D eigenvalue weighted by Gasteiger charge is 2.51. The van der Waals surface area contributed by atoms with Gasteiger partial charge in [0.15, 0.2) is 0 Å². The largest absolute Gasteiger partial charge is 0.496 e. The first-order valence-corrected chi connectivity index (χ1v) is 11.7. The molecule has 0 atom stereocenters. The fraction of sp³-hybridized carbons (Fsp3) is 0.593. The van der Waals surface area contributed by atoms with E-state index in [4.69, 9.17) is 14.3 Å². The van der Waals surface area contributed by atoms with Crippen molar-refractivity contribution in [3.8, 4) is 0 Å². The van der Waals surface area contributed by atoms with E-state index in [9.17, 15) is 0 Å². The molecule has 2 aromatic rings. The second kappa shape index (κ2) is 7.18. The van der Waals surface area contributed by atoms with Gasteiger partial charge in [-0.05, 0) is 86.6 Å². The summed E-state index contributed by atoms with van der Waals surface area (Å²) in [6.07, 6.45) is 5.24. The van der Waals surface area contributed by atoms with Gasteiger partial charge in [-0.1, -0.05) is 45.9 Å². The lowest BCUT2D eigenvalue weighted by molar-refractivity contribution is 0.00578. The van der Waals surface area contributed by atoms with Crippen LogP contribution in [0.2, 0.25) is 0 Å². The van der Waals surface area contributed by atoms with Gasteiger partial charge in [-0.3, -0.25) is 4.98 Å². The second-order valence-corrected chi connectivity index (χ2v) is 11.9. The van der Waals surface area contributed by atoms with Gasteiger partial charge < -0.3 is 9.31 Å². The van der Waals surface area contributed by atoms with Crippen LogP contribution in [-0.2, 0) is 26.6 Å². The normalized spacial score (nSPS) is 22.9. The molecule has 0 radical (unpaired) electrons. The van der Waals surface area contributed by atoms with E-state index in [1.807, 2.05) is 6.20 Å². The SMILES string of the molecule is Cc1cc2c(cc1Cc1ccc(B3OC(C)(C)C(C)(C)O3)cn1)C(C)(C)CCC2(C)C. The predicted molar refractivity (Wildman–Crippen MR) is 129 cm³/mol. The van der Waals surface area contributed by atoms with Crippen LogP contribution < -0.4 is 5.46 Å². The van der Waals surface area contributed by atoms with E-state index < -0.39 is 0 Å². The third kappa shape index (κ3) is 3.98. The molecule has 31 heavy (non-hydrogen) atoms. The highest BCUT2D eigenvalue weighted by atomic mass is 16.7. The topological polar surface area (TPSA) is 31.4 Å². The van der Waals surface area contributed by atoms with Crippen molar-refractivity contribution in [1.29, 1.82) is 0 Å². The Bertz CT molecular complexity index is 973. The lowest BCUT2D eigenvalue weighted by Gasteiger charge is -2.42. The first-order valence-electron chi connectivity index (χ1n) is 11.7. The van der Waals surface area contributed by atoms with Gasteiger partial charge in [0.2, 0.25) is 0 Å². The number of benzene rings is 1. The molecule has 4 rings (SSSR count). The van der Waals surface area contributed by atoms with Crippen molar-refractivity contribution in [2.75, 3.05) is 0 Å². The van der Waals surface area contributed by atoms with E-state index in [0.717, 1.165) is 17.6 Å². The molecule has 0 spiro atoms. The smallest absolute Gasteiger partial charge is 0.399 e. The van der Waals surface area contributed by atoms with Crippen LogP contribution in [0.25, 0.3) is 0 Å². The molecule has 3 nitrogen and oxygen atoms in total. The minimum Gasteiger partial charge on any atom is -0.399 e. The minimum absolute atomic E-state index is 0.224. The summed E-state index contributed by atoms with van der Waals surface area (Å²) in [7, 11) is -0.361. The van der Waals surface area contributed by atoms with Gasteiger partial charge in [0.05, 0.1) is 11.2 Å². The molecule has 1 aliphatic carbocycles. The van der Waals surface area contributed by atoms with Crippen molar-refractivity contribution < 1.29 is 9.31 Å². The molecular weight excluding hydrogens is 381 g/mol. The van der Waals surface area contributed by atoms with Gasteiger partial charge in [-0.25, -0.2) is 0 Å². The highest BCUT2D eigenvalue weighted by molar-refractivity contribution is 6.62. The zero-order chi connectivity index (χ0) is 22.8. The molecule has 166 valence electrons. The number of aryl methyl sites for hydroxylation is 1. The third-order valence-electron chi connectivity index (χ3n) is 8.05. The molecule has 0 saturated carbocycles. The van der Waals surface area contributed by atoms with E-state index in [-0.39, 0.29) is 29.2 Å². The van der Waals surface area contributed by atoms with Crippen molar-refractivity contribution in [3.05, 3.63) is 58.4 Å². The molecule has 2 heterocycles. The molecule has 1 fully saturated rings. The Labute approximate surface area is 189 Å². The maximum Gasteiger partial charge on any atom is 0.496 e. The van der Waals surface area contributed by atoms with Crippen LogP contribution in [0.1, 0.15) is 96.2 Å². The molecule has 2 aliphatic rings. The number of pyridine rings is 1. The summed E-state index contributed by atoms with van der Waals surface area (Å²) in [5.41, 5.74) is 7.63. The Balaban J connectivity index is 1.58. The van der Waals surface area contributed by atoms with Crippen LogP contribution >= 0.6 is 0 Å². The zero-order valence-electron chi connectivity index (χ0n) is 20.8. The van der Waals surface area contributed by atoms with E-state index >= 15 is 0 Å². The van der Waals surface area contributed by atoms with Crippen molar-refractivity contribution in [3.63, 3.8) is 0 Å². The maximum atomic E-state index is 6.17. The fourth-order valence-electron chi connectivity index (χ4n) is 4.81. The first-order chi connectivity index (χ1) is 14.2. The molecule has 0 unspecified atom stereocenters. The maximum absolute atomic E-state index is 6.17. The van der Waals surface area contributed by atoms with Crippen LogP contribution in [-0.4, -0.2) is 23.3 Å². The van der Waals surface area contributed by atoms with Gasteiger partial charge in [0.25, 0.3) is 0 Å². The summed E-state index contributed by atoms with van der Waals surface area (Å²) in [5, 5.41) is 0. The standard InChI is InChI=1S/C27H38BNO2/c1-18-14-22-23(25(4,5)13-12-24(22,2)3)16-19(18)15-21-11-10-20(17-29-21)28-30-26(6,7)27(8,9)31-28/h10-11,14,16-17H,12-13,15H2,1-9H3. The van der Waals surface area contributed by atoms with Crippen molar-refractivity contribution in [2.45, 2.75) is 104 Å². The molecule has 0 N–H and O–H groups in total. The Morgan fingerprint density at radius 1 is 0.839 bits per heavy atom. The van der Waals surface area contributed by atoms with Gasteiger partial charge in [0, 0.05) is 23.8 Å². The highest BCUT2D eigenvalue weighted by Crippen LogP contribution is 2.46. The summed E-state index contributed by atoms with van der Waals surface area (Å²) >= 11 is 0. The lowest BCUT2D eigenvalue weighted by Crippen LogP contribution is -2.41. The third-order valence-corrected chi connectivity index (χ3v) is 8.05. The quantitative estimate of drug-likeness (QED) is 0.605. The van der Waals surface area contributed by atoms with Gasteiger partial charge >= 0.3 is 7.12 Å². The summed E-state index contributed by atoms with van der Waals surface area (Å²) in [6.45, 7) is 20.1. The molecule has 0 bridgehead atoms. The molecule has 1 aromatic carbocycles. The van der Waals surface area contributed by atoms with Crippen LogP contribution in [0, 0.1) is 6.92 Å². The number of hydrogen-bond donors (Lipinski definition) is 0. The minimum atomic E-state index is -0.361. The molecule has 1 aliphatic heterocycles. The first kappa shape index (κ1) is 22.5. The molecule has 4 heteroatoms. The number of nitrogens with zero attached hydrogens (tertiary/aromatic N) is 1. The summed E-state index contributed by atoms with van der Waals surface area (Å²) < 4.78 is 12.3. The van der Waals surface area contributed by atoms with Crippen molar-refractivity contribution in [1.82, 2.24) is 4.98 Å². The number of rotatable bonds is 3. The molecule has 1 aromatic heterocycles. The van der Waals surface area contributed by atoms with Crippen LogP contribution in [0.5, 0.6) is 0 Å². The van der Waals surface area contributed by atoms with Crippen molar-refractivity contribution in [2.24, 2.45) is 0 Å². The summed E-state index contributed by atoms with van der Waals surface area (Å²) in [6, 6.07) is 9.11. The van der Waals surface area contributed by atoms with Crippen molar-refractivity contribution >= 4 is 12.6 Å². The van der Waals surface area contributed by atoms with E-state index in [1.165, 1.54) is 35.1 Å². The number of fused-ring (bicyclic) bond motifs is 1. The Hall–Kier alpha value is -1.65. The molecule has 0 amide bonds. The Morgan fingerprint density at radius 3 is 1.90 bits per heavy atom. The van der Waals surface area contributed by atoms with Gasteiger partial charge in [0.1, 0.15) is 0 Å². The van der Waals surface area contributed by atoms with E-state index in [1.54, 1.807) is 0 Å². The molecular formula is C27H38BNO2. The number of hydrogen-bond acceptors (Lipinski definition) is 3. The summed E-state index contributed by atoms with van der Waals surface area (Å²) in [5.74, 6) is 0. The zero-order valence-corrected chi connectivity index (χ0v) is 20.8. The number of aromatic nitrogens is 1. The average molecular weight is 419 g/mol. The van der Waals surface area contributed by atoms with Crippen LogP contribution in [0.15, 0.2) is 30.5 Å². The summed E-state index contributed by atoms with van der Waals surface area (Å²) in [4.78, 5) is 4.77. The fourth-order valence-corrected chi connectivity index (χ4v) is 4.81. The lowest BCUT2D eigenvalue weighted by atomic mass is 9.62.